The van der Waals surface area contributed by atoms with Crippen LogP contribution >= 0.6 is 15.9 Å². The maximum Gasteiger partial charge on any atom is 0.257 e. The molecule has 1 amide bonds. The molecule has 1 unspecified atom stereocenters. The van der Waals surface area contributed by atoms with E-state index in [0.717, 1.165) is 10.0 Å². The minimum Gasteiger partial charge on any atom is -0.496 e. The van der Waals surface area contributed by atoms with Crippen molar-refractivity contribution in [1.82, 2.24) is 5.32 Å². The molecule has 110 valence electrons. The van der Waals surface area contributed by atoms with Crippen molar-refractivity contribution in [2.45, 2.75) is 13.0 Å². The van der Waals surface area contributed by atoms with Gasteiger partial charge in [-0.3, -0.25) is 4.79 Å². The van der Waals surface area contributed by atoms with Gasteiger partial charge in [-0.25, -0.2) is 0 Å². The number of nitrogens with one attached hydrogen (secondary N) is 1. The summed E-state index contributed by atoms with van der Waals surface area (Å²) in [5.74, 6) is 0.218. The third-order valence-electron chi connectivity index (χ3n) is 3.22. The lowest BCUT2D eigenvalue weighted by atomic mass is 10.1. The molecule has 0 radical (unpaired) electrons. The zero-order valence-electron chi connectivity index (χ0n) is 11.9. The first-order valence-corrected chi connectivity index (χ1v) is 7.31. The summed E-state index contributed by atoms with van der Waals surface area (Å²) in [6.45, 7) is 1.92. The molecule has 0 heterocycles. The monoisotopic (exact) mass is 348 g/mol. The predicted octanol–water partition coefficient (Wildman–Crippen LogP) is 3.53. The second kappa shape index (κ2) is 6.63. The van der Waals surface area contributed by atoms with E-state index in [9.17, 15) is 4.79 Å². The largest absolute Gasteiger partial charge is 0.496 e. The summed E-state index contributed by atoms with van der Waals surface area (Å²) in [5, 5.41) is 2.93. The number of ether oxygens (including phenoxy) is 1. The van der Waals surface area contributed by atoms with Crippen molar-refractivity contribution in [2.75, 3.05) is 12.8 Å². The molecule has 0 aromatic heterocycles. The molecule has 0 bridgehead atoms. The smallest absolute Gasteiger partial charge is 0.257 e. The first kappa shape index (κ1) is 15.4. The number of nitrogen functional groups attached to an aromatic ring is 1. The molecule has 1 atom stereocenters. The van der Waals surface area contributed by atoms with Crippen molar-refractivity contribution < 1.29 is 9.53 Å². The number of nitrogens with two attached hydrogens (primary N) is 1. The normalized spacial score (nSPS) is 11.8. The number of methoxy groups -OCH3 is 1. The van der Waals surface area contributed by atoms with Crippen LogP contribution in [0.15, 0.2) is 46.9 Å². The third kappa shape index (κ3) is 3.55. The van der Waals surface area contributed by atoms with Gasteiger partial charge in [0.1, 0.15) is 11.3 Å². The average molecular weight is 349 g/mol. The maximum atomic E-state index is 12.4. The summed E-state index contributed by atoms with van der Waals surface area (Å²) in [6, 6.07) is 12.8. The number of benzene rings is 2. The molecule has 3 N–H and O–H groups in total. The van der Waals surface area contributed by atoms with E-state index >= 15 is 0 Å². The molecule has 2 aromatic carbocycles. The number of amides is 1. The van der Waals surface area contributed by atoms with Crippen molar-refractivity contribution in [2.24, 2.45) is 0 Å². The lowest BCUT2D eigenvalue weighted by Gasteiger charge is -2.17. The number of carbonyl (C=O) groups excluding carboxylic acids is 1. The molecule has 2 rings (SSSR count). The predicted molar refractivity (Wildman–Crippen MR) is 87.4 cm³/mol. The Bertz CT molecular complexity index is 641. The maximum absolute atomic E-state index is 12.4. The number of hydrogen-bond acceptors (Lipinski definition) is 3. The van der Waals surface area contributed by atoms with Gasteiger partial charge in [-0.15, -0.1) is 0 Å². The average Bonchev–Trinajstić information content (AvgIpc) is 2.47. The highest BCUT2D eigenvalue weighted by Gasteiger charge is 2.18. The van der Waals surface area contributed by atoms with Crippen LogP contribution in [0.2, 0.25) is 0 Å². The molecular weight excluding hydrogens is 332 g/mol. The summed E-state index contributed by atoms with van der Waals surface area (Å²) >= 11 is 3.39. The highest BCUT2D eigenvalue weighted by molar-refractivity contribution is 9.10. The molecule has 4 nitrogen and oxygen atoms in total. The quantitative estimate of drug-likeness (QED) is 0.830. The van der Waals surface area contributed by atoms with E-state index in [2.05, 4.69) is 21.2 Å². The minimum atomic E-state index is -0.250. The van der Waals surface area contributed by atoms with Gasteiger partial charge in [-0.2, -0.15) is 0 Å². The van der Waals surface area contributed by atoms with Gasteiger partial charge in [0.05, 0.1) is 13.2 Å². The van der Waals surface area contributed by atoms with Crippen molar-refractivity contribution in [3.05, 3.63) is 58.1 Å². The highest BCUT2D eigenvalue weighted by Crippen LogP contribution is 2.25. The van der Waals surface area contributed by atoms with Crippen molar-refractivity contribution >= 4 is 27.5 Å². The van der Waals surface area contributed by atoms with Crippen LogP contribution in [0.5, 0.6) is 5.75 Å². The van der Waals surface area contributed by atoms with E-state index < -0.39 is 0 Å². The van der Waals surface area contributed by atoms with E-state index in [1.54, 1.807) is 18.2 Å². The zero-order chi connectivity index (χ0) is 15.4. The lowest BCUT2D eigenvalue weighted by molar-refractivity contribution is 0.0938. The van der Waals surface area contributed by atoms with Crippen LogP contribution < -0.4 is 15.8 Å². The summed E-state index contributed by atoms with van der Waals surface area (Å²) < 4.78 is 6.20. The molecule has 0 saturated carbocycles. The number of rotatable bonds is 4. The van der Waals surface area contributed by atoms with Crippen molar-refractivity contribution in [3.8, 4) is 5.75 Å². The van der Waals surface area contributed by atoms with Crippen LogP contribution in [0.1, 0.15) is 28.9 Å². The Balaban J connectivity index is 2.20. The SMILES string of the molecule is COc1cccc(N)c1C(=O)NC(C)c1ccc(Br)cc1. The first-order chi connectivity index (χ1) is 10.0. The van der Waals surface area contributed by atoms with Crippen LogP contribution in [-0.4, -0.2) is 13.0 Å². The van der Waals surface area contributed by atoms with E-state index in [1.807, 2.05) is 31.2 Å². The van der Waals surface area contributed by atoms with Crippen LogP contribution in [0.3, 0.4) is 0 Å². The van der Waals surface area contributed by atoms with Crippen LogP contribution in [-0.2, 0) is 0 Å². The Morgan fingerprint density at radius 2 is 1.90 bits per heavy atom. The van der Waals surface area contributed by atoms with Crippen LogP contribution in [0, 0.1) is 0 Å². The van der Waals surface area contributed by atoms with Crippen LogP contribution in [0.25, 0.3) is 0 Å². The summed E-state index contributed by atoms with van der Waals surface area (Å²) in [6.07, 6.45) is 0. The second-order valence-electron chi connectivity index (χ2n) is 4.67. The summed E-state index contributed by atoms with van der Waals surface area (Å²) in [7, 11) is 1.52. The van der Waals surface area contributed by atoms with Gasteiger partial charge in [0.25, 0.3) is 5.91 Å². The van der Waals surface area contributed by atoms with Gasteiger partial charge in [0.2, 0.25) is 0 Å². The van der Waals surface area contributed by atoms with Gasteiger partial charge < -0.3 is 15.8 Å². The van der Waals surface area contributed by atoms with Gasteiger partial charge in [-0.1, -0.05) is 34.1 Å². The molecule has 0 saturated heterocycles. The minimum absolute atomic E-state index is 0.130. The number of carbonyl (C=O) groups is 1. The molecule has 2 aromatic rings. The Morgan fingerprint density at radius 1 is 1.24 bits per heavy atom. The molecule has 0 spiro atoms. The summed E-state index contributed by atoms with van der Waals surface area (Å²) in [5.41, 5.74) is 7.66. The molecule has 0 aliphatic heterocycles. The molecule has 5 heteroatoms. The lowest BCUT2D eigenvalue weighted by Crippen LogP contribution is -2.27. The highest BCUT2D eigenvalue weighted by atomic mass is 79.9. The molecular formula is C16H17BrN2O2. The molecule has 0 fully saturated rings. The fourth-order valence-corrected chi connectivity index (χ4v) is 2.33. The van der Waals surface area contributed by atoms with E-state index in [1.165, 1.54) is 7.11 Å². The fraction of sp³-hybridized carbons (Fsp3) is 0.188. The topological polar surface area (TPSA) is 64.3 Å². The molecule has 0 aliphatic carbocycles. The Hall–Kier alpha value is -2.01. The summed E-state index contributed by atoms with van der Waals surface area (Å²) in [4.78, 5) is 12.4. The van der Waals surface area contributed by atoms with E-state index in [-0.39, 0.29) is 11.9 Å². The Kier molecular flexibility index (Phi) is 4.85. The number of halogens is 1. The van der Waals surface area contributed by atoms with Gasteiger partial charge in [0, 0.05) is 10.2 Å². The van der Waals surface area contributed by atoms with Gasteiger partial charge in [-0.05, 0) is 36.8 Å². The second-order valence-corrected chi connectivity index (χ2v) is 5.59. The number of hydrogen-bond donors (Lipinski definition) is 2. The standard InChI is InChI=1S/C16H17BrN2O2/c1-10(11-6-8-12(17)9-7-11)19-16(20)15-13(18)4-3-5-14(15)21-2/h3-10H,18H2,1-2H3,(H,19,20). The third-order valence-corrected chi connectivity index (χ3v) is 3.75. The molecule has 0 aliphatic rings. The van der Waals surface area contributed by atoms with Gasteiger partial charge >= 0.3 is 0 Å². The Morgan fingerprint density at radius 3 is 2.52 bits per heavy atom. The van der Waals surface area contributed by atoms with Crippen LogP contribution in [0.4, 0.5) is 5.69 Å². The van der Waals surface area contributed by atoms with Crippen molar-refractivity contribution in [3.63, 3.8) is 0 Å². The first-order valence-electron chi connectivity index (χ1n) is 6.51. The molecule has 21 heavy (non-hydrogen) atoms. The zero-order valence-corrected chi connectivity index (χ0v) is 13.5. The fourth-order valence-electron chi connectivity index (χ4n) is 2.06. The van der Waals surface area contributed by atoms with Crippen molar-refractivity contribution in [1.29, 1.82) is 0 Å². The van der Waals surface area contributed by atoms with E-state index in [4.69, 9.17) is 10.5 Å². The van der Waals surface area contributed by atoms with Gasteiger partial charge in [0.15, 0.2) is 0 Å². The Labute approximate surface area is 132 Å². The van der Waals surface area contributed by atoms with E-state index in [0.29, 0.717) is 17.0 Å². The number of anilines is 1.